The van der Waals surface area contributed by atoms with Gasteiger partial charge in [-0.05, 0) is 23.3 Å². The maximum atomic E-state index is 11.7. The van der Waals surface area contributed by atoms with Gasteiger partial charge in [-0.15, -0.1) is 0 Å². The highest BCUT2D eigenvalue weighted by Gasteiger charge is 2.18. The Morgan fingerprint density at radius 3 is 2.45 bits per heavy atom. The van der Waals surface area contributed by atoms with Crippen molar-refractivity contribution in [1.29, 1.82) is 0 Å². The maximum Gasteiger partial charge on any atom is 0.267 e. The first kappa shape index (κ1) is 20.0. The van der Waals surface area contributed by atoms with E-state index in [1.165, 1.54) is 0 Å². The van der Waals surface area contributed by atoms with E-state index in [1.54, 1.807) is 0 Å². The highest BCUT2D eigenvalue weighted by molar-refractivity contribution is 7.99. The van der Waals surface area contributed by atoms with Gasteiger partial charge in [0.1, 0.15) is 0 Å². The standard InChI is InChI=1S/C13H29N2O3PS/c1-11(2)10-19(17,18)15-8-7-14-13(16)6-5-9-20-12(3)4/h11-12H,5-10H2,1-4H3,(H,14,16)(H2,15,17,18). The van der Waals surface area contributed by atoms with Crippen LogP contribution in [0, 0.1) is 5.92 Å². The molecule has 0 aromatic carbocycles. The molecule has 1 unspecified atom stereocenters. The van der Waals surface area contributed by atoms with Crippen LogP contribution in [0.2, 0.25) is 0 Å². The Morgan fingerprint density at radius 1 is 1.25 bits per heavy atom. The molecule has 1 atom stereocenters. The zero-order valence-corrected chi connectivity index (χ0v) is 14.7. The lowest BCUT2D eigenvalue weighted by molar-refractivity contribution is -0.121. The van der Waals surface area contributed by atoms with Gasteiger partial charge in [-0.1, -0.05) is 27.7 Å². The molecule has 0 aliphatic heterocycles. The third-order valence-corrected chi connectivity index (χ3v) is 5.55. The topological polar surface area (TPSA) is 78.4 Å². The molecule has 120 valence electrons. The summed E-state index contributed by atoms with van der Waals surface area (Å²) in [5.41, 5.74) is 0. The zero-order valence-electron chi connectivity index (χ0n) is 13.0. The molecule has 0 fully saturated rings. The first-order chi connectivity index (χ1) is 9.23. The fourth-order valence-corrected chi connectivity index (χ4v) is 3.99. The normalized spacial score (nSPS) is 14.6. The lowest BCUT2D eigenvalue weighted by atomic mass is 10.3. The van der Waals surface area contributed by atoms with Gasteiger partial charge in [0.15, 0.2) is 0 Å². The SMILES string of the molecule is CC(C)CP(=O)(O)NCCNC(=O)CCCSC(C)C. The van der Waals surface area contributed by atoms with Gasteiger partial charge in [0, 0.05) is 25.7 Å². The van der Waals surface area contributed by atoms with Crippen LogP contribution in [0.3, 0.4) is 0 Å². The van der Waals surface area contributed by atoms with Crippen molar-refractivity contribution in [3.05, 3.63) is 0 Å². The van der Waals surface area contributed by atoms with Crippen molar-refractivity contribution in [2.45, 2.75) is 45.8 Å². The van der Waals surface area contributed by atoms with E-state index in [4.69, 9.17) is 0 Å². The molecular weight excluding hydrogens is 295 g/mol. The molecule has 0 spiro atoms. The van der Waals surface area contributed by atoms with Gasteiger partial charge in [-0.2, -0.15) is 11.8 Å². The first-order valence-electron chi connectivity index (χ1n) is 7.18. The molecule has 20 heavy (non-hydrogen) atoms. The molecule has 0 saturated heterocycles. The molecule has 0 aromatic heterocycles. The van der Waals surface area contributed by atoms with Gasteiger partial charge in [0.2, 0.25) is 5.91 Å². The van der Waals surface area contributed by atoms with Gasteiger partial charge in [-0.3, -0.25) is 9.36 Å². The third kappa shape index (κ3) is 13.0. The molecule has 0 aliphatic rings. The van der Waals surface area contributed by atoms with Gasteiger partial charge < -0.3 is 10.2 Å². The number of carbonyl (C=O) groups is 1. The van der Waals surface area contributed by atoms with E-state index in [9.17, 15) is 14.3 Å². The van der Waals surface area contributed by atoms with Crippen molar-refractivity contribution in [3.8, 4) is 0 Å². The van der Waals surface area contributed by atoms with Crippen molar-refractivity contribution in [2.24, 2.45) is 5.92 Å². The lowest BCUT2D eigenvalue weighted by Gasteiger charge is -2.15. The second-order valence-electron chi connectivity index (χ2n) is 5.56. The number of hydrogen-bond donors (Lipinski definition) is 3. The summed E-state index contributed by atoms with van der Waals surface area (Å²) in [5.74, 6) is 1.17. The summed E-state index contributed by atoms with van der Waals surface area (Å²) in [6, 6.07) is 0. The summed E-state index contributed by atoms with van der Waals surface area (Å²) in [7, 11) is -3.25. The fraction of sp³-hybridized carbons (Fsp3) is 0.923. The second-order valence-corrected chi connectivity index (χ2v) is 9.33. The Labute approximate surface area is 127 Å². The van der Waals surface area contributed by atoms with Crippen molar-refractivity contribution in [2.75, 3.05) is 25.0 Å². The van der Waals surface area contributed by atoms with Crippen LogP contribution in [0.25, 0.3) is 0 Å². The van der Waals surface area contributed by atoms with E-state index in [0.29, 0.717) is 24.8 Å². The monoisotopic (exact) mass is 324 g/mol. The van der Waals surface area contributed by atoms with E-state index in [-0.39, 0.29) is 18.0 Å². The summed E-state index contributed by atoms with van der Waals surface area (Å²) in [5, 5.41) is 5.97. The number of rotatable bonds is 11. The van der Waals surface area contributed by atoms with E-state index in [0.717, 1.165) is 12.2 Å². The molecule has 0 rings (SSSR count). The number of nitrogens with one attached hydrogen (secondary N) is 2. The summed E-state index contributed by atoms with van der Waals surface area (Å²) >= 11 is 1.85. The van der Waals surface area contributed by atoms with Crippen molar-refractivity contribution in [3.63, 3.8) is 0 Å². The highest BCUT2D eigenvalue weighted by atomic mass is 32.2. The van der Waals surface area contributed by atoms with Gasteiger partial charge in [0.05, 0.1) is 0 Å². The minimum atomic E-state index is -3.25. The van der Waals surface area contributed by atoms with Crippen LogP contribution < -0.4 is 10.4 Å². The number of hydrogen-bond acceptors (Lipinski definition) is 3. The van der Waals surface area contributed by atoms with Gasteiger partial charge in [-0.25, -0.2) is 5.09 Å². The van der Waals surface area contributed by atoms with Gasteiger partial charge in [0.25, 0.3) is 7.52 Å². The molecule has 0 bridgehead atoms. The Hall–Kier alpha value is -0.0300. The molecule has 5 nitrogen and oxygen atoms in total. The number of carbonyl (C=O) groups excluding carboxylic acids is 1. The maximum absolute atomic E-state index is 11.7. The van der Waals surface area contributed by atoms with Crippen LogP contribution in [0.4, 0.5) is 0 Å². The predicted molar refractivity (Wildman–Crippen MR) is 87.4 cm³/mol. The highest BCUT2D eigenvalue weighted by Crippen LogP contribution is 2.36. The average molecular weight is 324 g/mol. The molecule has 0 heterocycles. The van der Waals surface area contributed by atoms with Crippen LogP contribution >= 0.6 is 19.3 Å². The van der Waals surface area contributed by atoms with Crippen LogP contribution in [-0.2, 0) is 9.36 Å². The van der Waals surface area contributed by atoms with Crippen molar-refractivity contribution >= 4 is 25.2 Å². The largest absolute Gasteiger partial charge is 0.355 e. The summed E-state index contributed by atoms with van der Waals surface area (Å²) in [4.78, 5) is 21.1. The second kappa shape index (κ2) is 10.7. The fourth-order valence-electron chi connectivity index (χ4n) is 1.63. The Morgan fingerprint density at radius 2 is 1.90 bits per heavy atom. The molecule has 0 radical (unpaired) electrons. The van der Waals surface area contributed by atoms with Crippen LogP contribution in [0.15, 0.2) is 0 Å². The molecule has 0 aromatic rings. The molecule has 0 aliphatic carbocycles. The number of amides is 1. The van der Waals surface area contributed by atoms with Crippen molar-refractivity contribution in [1.82, 2.24) is 10.4 Å². The molecule has 3 N–H and O–H groups in total. The van der Waals surface area contributed by atoms with Gasteiger partial charge >= 0.3 is 0 Å². The zero-order chi connectivity index (χ0) is 15.6. The summed E-state index contributed by atoms with van der Waals surface area (Å²) in [6.07, 6.45) is 1.64. The van der Waals surface area contributed by atoms with E-state index in [2.05, 4.69) is 24.3 Å². The van der Waals surface area contributed by atoms with Crippen molar-refractivity contribution < 1.29 is 14.3 Å². The van der Waals surface area contributed by atoms with E-state index >= 15 is 0 Å². The molecule has 1 amide bonds. The van der Waals surface area contributed by atoms with Crippen LogP contribution in [0.1, 0.15) is 40.5 Å². The molecular formula is C13H29N2O3PS. The Bertz CT molecular complexity index is 325. The minimum absolute atomic E-state index is 0.00721. The van der Waals surface area contributed by atoms with Crippen LogP contribution in [0.5, 0.6) is 0 Å². The smallest absolute Gasteiger partial charge is 0.267 e. The predicted octanol–water partition coefficient (Wildman–Crippen LogP) is 2.46. The van der Waals surface area contributed by atoms with E-state index < -0.39 is 7.52 Å². The quantitative estimate of drug-likeness (QED) is 0.402. The third-order valence-electron chi connectivity index (χ3n) is 2.42. The number of thioether (sulfide) groups is 1. The Balaban J connectivity index is 3.59. The first-order valence-corrected chi connectivity index (χ1v) is 10.1. The summed E-state index contributed by atoms with van der Waals surface area (Å²) < 4.78 is 11.7. The average Bonchev–Trinajstić information content (AvgIpc) is 2.28. The molecule has 0 saturated carbocycles. The van der Waals surface area contributed by atoms with E-state index in [1.807, 2.05) is 25.6 Å². The Kier molecular flexibility index (Phi) is 10.6. The minimum Gasteiger partial charge on any atom is -0.355 e. The molecule has 7 heteroatoms. The lowest BCUT2D eigenvalue weighted by Crippen LogP contribution is -2.31. The van der Waals surface area contributed by atoms with Crippen LogP contribution in [-0.4, -0.2) is 41.1 Å². The summed E-state index contributed by atoms with van der Waals surface area (Å²) in [6.45, 7) is 8.80.